The summed E-state index contributed by atoms with van der Waals surface area (Å²) in [5.74, 6) is 0.871. The molecule has 1 aliphatic heterocycles. The van der Waals surface area contributed by atoms with Crippen LogP contribution in [-0.4, -0.2) is 40.4 Å². The number of anilines is 1. The van der Waals surface area contributed by atoms with Crippen LogP contribution in [0.3, 0.4) is 0 Å². The van der Waals surface area contributed by atoms with Crippen LogP contribution in [0.25, 0.3) is 0 Å². The van der Waals surface area contributed by atoms with Gasteiger partial charge in [-0.05, 0) is 50.6 Å². The highest BCUT2D eigenvalue weighted by Gasteiger charge is 2.38. The Hall–Kier alpha value is -2.21. The molecule has 23 heavy (non-hydrogen) atoms. The topological polar surface area (TPSA) is 58.5 Å². The van der Waals surface area contributed by atoms with E-state index in [2.05, 4.69) is 9.97 Å². The van der Waals surface area contributed by atoms with E-state index in [1.54, 1.807) is 12.1 Å². The smallest absolute Gasteiger partial charge is 0.225 e. The summed E-state index contributed by atoms with van der Waals surface area (Å²) in [5, 5.41) is 10.7. The second-order valence-electron chi connectivity index (χ2n) is 6.09. The summed E-state index contributed by atoms with van der Waals surface area (Å²) >= 11 is 0. The molecule has 0 bridgehead atoms. The van der Waals surface area contributed by atoms with E-state index in [-0.39, 0.29) is 12.4 Å². The van der Waals surface area contributed by atoms with E-state index in [0.29, 0.717) is 31.2 Å². The van der Waals surface area contributed by atoms with Crippen molar-refractivity contribution < 1.29 is 14.2 Å². The van der Waals surface area contributed by atoms with Gasteiger partial charge in [0.25, 0.3) is 0 Å². The maximum atomic E-state index is 12.9. The first-order chi connectivity index (χ1) is 10.9. The van der Waals surface area contributed by atoms with Gasteiger partial charge in [0.2, 0.25) is 5.95 Å². The molecule has 1 saturated heterocycles. The molecule has 0 saturated carbocycles. The summed E-state index contributed by atoms with van der Waals surface area (Å²) in [6.45, 7) is 5.10. The lowest BCUT2D eigenvalue weighted by Gasteiger charge is -2.23. The Balaban J connectivity index is 1.64. The molecule has 1 aromatic carbocycles. The van der Waals surface area contributed by atoms with Gasteiger partial charge in [-0.25, -0.2) is 14.4 Å². The first-order valence-corrected chi connectivity index (χ1v) is 7.62. The summed E-state index contributed by atoms with van der Waals surface area (Å²) in [6, 6.07) is 7.70. The zero-order chi connectivity index (χ0) is 16.4. The number of ether oxygens (including phenoxy) is 1. The number of nitrogens with zero attached hydrogens (tertiary/aromatic N) is 3. The molecule has 1 atom stereocenters. The Labute approximate surface area is 134 Å². The van der Waals surface area contributed by atoms with Crippen molar-refractivity contribution in [1.82, 2.24) is 9.97 Å². The number of aliphatic hydroxyl groups is 1. The quantitative estimate of drug-likeness (QED) is 0.937. The van der Waals surface area contributed by atoms with Gasteiger partial charge in [0.1, 0.15) is 23.8 Å². The largest absolute Gasteiger partial charge is 0.491 e. The van der Waals surface area contributed by atoms with Crippen LogP contribution in [-0.2, 0) is 0 Å². The van der Waals surface area contributed by atoms with Gasteiger partial charge in [-0.2, -0.15) is 0 Å². The fraction of sp³-hybridized carbons (Fsp3) is 0.412. The maximum absolute atomic E-state index is 12.9. The molecule has 0 radical (unpaired) electrons. The van der Waals surface area contributed by atoms with E-state index >= 15 is 0 Å². The fourth-order valence-corrected chi connectivity index (χ4v) is 2.74. The lowest BCUT2D eigenvalue weighted by Crippen LogP contribution is -2.39. The average Bonchev–Trinajstić information content (AvgIpc) is 2.89. The Morgan fingerprint density at radius 3 is 2.52 bits per heavy atom. The van der Waals surface area contributed by atoms with Crippen LogP contribution in [0.15, 0.2) is 30.3 Å². The van der Waals surface area contributed by atoms with Crippen molar-refractivity contribution in [2.45, 2.75) is 25.9 Å². The molecule has 1 aromatic heterocycles. The molecule has 0 aliphatic carbocycles. The van der Waals surface area contributed by atoms with Crippen LogP contribution in [0.2, 0.25) is 0 Å². The highest BCUT2D eigenvalue weighted by Crippen LogP contribution is 2.26. The molecule has 122 valence electrons. The molecule has 2 heterocycles. The average molecular weight is 317 g/mol. The Morgan fingerprint density at radius 1 is 1.22 bits per heavy atom. The van der Waals surface area contributed by atoms with Gasteiger partial charge in [-0.15, -0.1) is 0 Å². The normalized spacial score (nSPS) is 20.8. The number of halogens is 1. The number of benzene rings is 1. The summed E-state index contributed by atoms with van der Waals surface area (Å²) in [4.78, 5) is 10.8. The number of aryl methyl sites for hydroxylation is 2. The summed E-state index contributed by atoms with van der Waals surface area (Å²) in [7, 11) is 0. The van der Waals surface area contributed by atoms with Crippen molar-refractivity contribution in [2.75, 3.05) is 24.6 Å². The molecule has 2 aromatic rings. The van der Waals surface area contributed by atoms with Crippen LogP contribution in [0.1, 0.15) is 17.8 Å². The predicted molar refractivity (Wildman–Crippen MR) is 85.2 cm³/mol. The van der Waals surface area contributed by atoms with E-state index in [9.17, 15) is 9.50 Å². The van der Waals surface area contributed by atoms with Crippen LogP contribution in [0.4, 0.5) is 10.3 Å². The SMILES string of the molecule is Cc1cc(C)nc(N2CC[C@](O)(COc3ccc(F)cc3)C2)n1. The van der Waals surface area contributed by atoms with E-state index in [4.69, 9.17) is 4.74 Å². The van der Waals surface area contributed by atoms with E-state index in [1.807, 2.05) is 24.8 Å². The van der Waals surface area contributed by atoms with Crippen molar-refractivity contribution in [3.8, 4) is 5.75 Å². The van der Waals surface area contributed by atoms with Gasteiger partial charge < -0.3 is 14.7 Å². The van der Waals surface area contributed by atoms with Crippen molar-refractivity contribution in [1.29, 1.82) is 0 Å². The minimum absolute atomic E-state index is 0.153. The zero-order valence-electron chi connectivity index (χ0n) is 13.3. The number of β-amino-alcohol motifs (C(OH)–C–C–N with tert-alkyl or cyclic N) is 1. The Morgan fingerprint density at radius 2 is 1.87 bits per heavy atom. The predicted octanol–water partition coefficient (Wildman–Crippen LogP) is 2.25. The molecule has 1 fully saturated rings. The minimum atomic E-state index is -0.963. The van der Waals surface area contributed by atoms with E-state index in [0.717, 1.165) is 11.4 Å². The molecular formula is C17H20FN3O2. The summed E-state index contributed by atoms with van der Waals surface area (Å²) in [5.41, 5.74) is 0.853. The lowest BCUT2D eigenvalue weighted by molar-refractivity contribution is 0.0144. The summed E-state index contributed by atoms with van der Waals surface area (Å²) in [6.07, 6.45) is 0.574. The number of hydrogen-bond donors (Lipinski definition) is 1. The number of rotatable bonds is 4. The van der Waals surface area contributed by atoms with E-state index < -0.39 is 5.60 Å². The second-order valence-corrected chi connectivity index (χ2v) is 6.09. The van der Waals surface area contributed by atoms with Gasteiger partial charge in [0.15, 0.2) is 0 Å². The van der Waals surface area contributed by atoms with Crippen LogP contribution < -0.4 is 9.64 Å². The Kier molecular flexibility index (Phi) is 4.17. The molecule has 1 N–H and O–H groups in total. The molecular weight excluding hydrogens is 297 g/mol. The zero-order valence-corrected chi connectivity index (χ0v) is 13.3. The summed E-state index contributed by atoms with van der Waals surface area (Å²) < 4.78 is 18.5. The van der Waals surface area contributed by atoms with Crippen LogP contribution >= 0.6 is 0 Å². The number of aromatic nitrogens is 2. The molecule has 6 heteroatoms. The highest BCUT2D eigenvalue weighted by molar-refractivity contribution is 5.35. The van der Waals surface area contributed by atoms with Gasteiger partial charge in [0.05, 0.1) is 6.54 Å². The molecule has 5 nitrogen and oxygen atoms in total. The van der Waals surface area contributed by atoms with Crippen molar-refractivity contribution in [2.24, 2.45) is 0 Å². The van der Waals surface area contributed by atoms with Crippen molar-refractivity contribution in [3.05, 3.63) is 47.5 Å². The highest BCUT2D eigenvalue weighted by atomic mass is 19.1. The van der Waals surface area contributed by atoms with E-state index in [1.165, 1.54) is 12.1 Å². The molecule has 3 rings (SSSR count). The van der Waals surface area contributed by atoms with Gasteiger partial charge in [0, 0.05) is 17.9 Å². The van der Waals surface area contributed by atoms with Gasteiger partial charge in [-0.3, -0.25) is 0 Å². The van der Waals surface area contributed by atoms with Crippen molar-refractivity contribution in [3.63, 3.8) is 0 Å². The van der Waals surface area contributed by atoms with Gasteiger partial charge in [-0.1, -0.05) is 0 Å². The fourth-order valence-electron chi connectivity index (χ4n) is 2.74. The van der Waals surface area contributed by atoms with Gasteiger partial charge >= 0.3 is 0 Å². The first kappa shape index (κ1) is 15.7. The Bertz CT molecular complexity index is 672. The second kappa shape index (κ2) is 6.12. The third-order valence-corrected chi connectivity index (χ3v) is 3.91. The molecule has 1 aliphatic rings. The lowest BCUT2D eigenvalue weighted by atomic mass is 10.1. The molecule has 0 spiro atoms. The maximum Gasteiger partial charge on any atom is 0.225 e. The third-order valence-electron chi connectivity index (χ3n) is 3.91. The number of hydrogen-bond acceptors (Lipinski definition) is 5. The standard InChI is InChI=1S/C17H20FN3O2/c1-12-9-13(2)20-16(19-12)21-8-7-17(22,10-21)11-23-15-5-3-14(18)4-6-15/h3-6,9,22H,7-8,10-11H2,1-2H3/t17-/m1/s1. The van der Waals surface area contributed by atoms with Crippen LogP contribution in [0, 0.1) is 19.7 Å². The molecule has 0 unspecified atom stereocenters. The van der Waals surface area contributed by atoms with Crippen molar-refractivity contribution >= 4 is 5.95 Å². The monoisotopic (exact) mass is 317 g/mol. The third kappa shape index (κ3) is 3.76. The minimum Gasteiger partial charge on any atom is -0.491 e. The molecule has 0 amide bonds. The van der Waals surface area contributed by atoms with Crippen LogP contribution in [0.5, 0.6) is 5.75 Å². The first-order valence-electron chi connectivity index (χ1n) is 7.62.